The van der Waals surface area contributed by atoms with E-state index in [1.165, 1.54) is 5.56 Å². The number of ether oxygens (including phenoxy) is 3. The number of carbonyl (C=O) groups excluding carboxylic acids is 1. The van der Waals surface area contributed by atoms with Crippen LogP contribution in [0.5, 0.6) is 11.5 Å². The fourth-order valence-corrected chi connectivity index (χ4v) is 3.83. The van der Waals surface area contributed by atoms with Crippen molar-refractivity contribution in [3.05, 3.63) is 53.6 Å². The third kappa shape index (κ3) is 7.19. The summed E-state index contributed by atoms with van der Waals surface area (Å²) < 4.78 is 17.1. The number of fused-ring (bicyclic) bond motifs is 1. The first-order valence-electron chi connectivity index (χ1n) is 11.6. The highest BCUT2D eigenvalue weighted by Crippen LogP contribution is 2.39. The molecule has 1 amide bonds. The standard InChI is InChI=1S/C26H36N2O5/c1-4-31-14-15-32-23-12-11-22(21-10-13-24(30)28-25(21)23)33-17-20(29)16-27-18-26(2,3)19-8-6-5-7-9-19/h5-9,11-12,20,27,29H,4,10,13-18H2,1-3H3,(H,28,30). The highest BCUT2D eigenvalue weighted by molar-refractivity contribution is 5.96. The number of anilines is 1. The van der Waals surface area contributed by atoms with Gasteiger partial charge in [0.1, 0.15) is 30.8 Å². The molecule has 2 aromatic rings. The van der Waals surface area contributed by atoms with Crippen molar-refractivity contribution >= 4 is 11.6 Å². The van der Waals surface area contributed by atoms with Gasteiger partial charge in [0.2, 0.25) is 5.91 Å². The van der Waals surface area contributed by atoms with Gasteiger partial charge in [-0.3, -0.25) is 4.79 Å². The van der Waals surface area contributed by atoms with Crippen LogP contribution in [0.25, 0.3) is 0 Å². The number of aliphatic hydroxyl groups is 1. The molecule has 0 bridgehead atoms. The van der Waals surface area contributed by atoms with Crippen LogP contribution >= 0.6 is 0 Å². The fourth-order valence-electron chi connectivity index (χ4n) is 3.83. The number of aliphatic hydroxyl groups excluding tert-OH is 1. The predicted octanol–water partition coefficient (Wildman–Crippen LogP) is 3.29. The first-order valence-corrected chi connectivity index (χ1v) is 11.6. The highest BCUT2D eigenvalue weighted by atomic mass is 16.5. The van der Waals surface area contributed by atoms with Gasteiger partial charge >= 0.3 is 0 Å². The second-order valence-corrected chi connectivity index (χ2v) is 8.85. The molecular formula is C26H36N2O5. The van der Waals surface area contributed by atoms with Crippen LogP contribution in [0.4, 0.5) is 5.69 Å². The molecule has 0 saturated heterocycles. The van der Waals surface area contributed by atoms with Crippen LogP contribution in [0.15, 0.2) is 42.5 Å². The summed E-state index contributed by atoms with van der Waals surface area (Å²) in [7, 11) is 0. The van der Waals surface area contributed by atoms with Gasteiger partial charge in [-0.1, -0.05) is 44.2 Å². The maximum absolute atomic E-state index is 12.0. The van der Waals surface area contributed by atoms with Gasteiger partial charge in [-0.15, -0.1) is 0 Å². The topological polar surface area (TPSA) is 89.1 Å². The molecule has 33 heavy (non-hydrogen) atoms. The minimum absolute atomic E-state index is 0.0421. The average molecular weight is 457 g/mol. The molecule has 0 radical (unpaired) electrons. The van der Waals surface area contributed by atoms with Crippen LogP contribution in [0, 0.1) is 0 Å². The van der Waals surface area contributed by atoms with Crippen molar-refractivity contribution in [1.82, 2.24) is 5.32 Å². The Balaban J connectivity index is 1.53. The van der Waals surface area contributed by atoms with Crippen molar-refractivity contribution in [2.45, 2.75) is 45.1 Å². The molecular weight excluding hydrogens is 420 g/mol. The van der Waals surface area contributed by atoms with Gasteiger partial charge in [-0.2, -0.15) is 0 Å². The summed E-state index contributed by atoms with van der Waals surface area (Å²) in [5.41, 5.74) is 2.75. The molecule has 0 aliphatic carbocycles. The maximum atomic E-state index is 12.0. The van der Waals surface area contributed by atoms with E-state index in [2.05, 4.69) is 36.6 Å². The number of amides is 1. The summed E-state index contributed by atoms with van der Waals surface area (Å²) in [6.07, 6.45) is 0.302. The molecule has 2 aromatic carbocycles. The number of rotatable bonds is 13. The van der Waals surface area contributed by atoms with E-state index < -0.39 is 6.10 Å². The van der Waals surface area contributed by atoms with Gasteiger partial charge in [0.05, 0.1) is 12.3 Å². The fraction of sp³-hybridized carbons (Fsp3) is 0.500. The second-order valence-electron chi connectivity index (χ2n) is 8.85. The molecule has 3 rings (SSSR count). The molecule has 1 aliphatic heterocycles. The lowest BCUT2D eigenvalue weighted by Crippen LogP contribution is -2.39. The molecule has 7 nitrogen and oxygen atoms in total. The number of carbonyl (C=O) groups is 1. The van der Waals surface area contributed by atoms with E-state index in [-0.39, 0.29) is 17.9 Å². The molecule has 180 valence electrons. The van der Waals surface area contributed by atoms with Crippen molar-refractivity contribution in [1.29, 1.82) is 0 Å². The van der Waals surface area contributed by atoms with Gasteiger partial charge in [-0.05, 0) is 31.0 Å². The van der Waals surface area contributed by atoms with Gasteiger partial charge in [0.15, 0.2) is 0 Å². The SMILES string of the molecule is CCOCCOc1ccc(OCC(O)CNCC(C)(C)c2ccccc2)c2c1NC(=O)CC2. The van der Waals surface area contributed by atoms with Crippen LogP contribution < -0.4 is 20.1 Å². The van der Waals surface area contributed by atoms with Gasteiger partial charge < -0.3 is 30.0 Å². The third-order valence-corrected chi connectivity index (χ3v) is 5.72. The number of benzene rings is 2. The van der Waals surface area contributed by atoms with E-state index in [1.807, 2.05) is 31.2 Å². The quantitative estimate of drug-likeness (QED) is 0.401. The Kier molecular flexibility index (Phi) is 9.11. The monoisotopic (exact) mass is 456 g/mol. The first-order chi connectivity index (χ1) is 15.9. The minimum atomic E-state index is -0.660. The molecule has 1 aliphatic rings. The Bertz CT molecular complexity index is 901. The maximum Gasteiger partial charge on any atom is 0.224 e. The Morgan fingerprint density at radius 2 is 1.82 bits per heavy atom. The molecule has 7 heteroatoms. The molecule has 1 unspecified atom stereocenters. The zero-order chi connectivity index (χ0) is 23.7. The minimum Gasteiger partial charge on any atom is -0.490 e. The van der Waals surface area contributed by atoms with E-state index in [9.17, 15) is 9.90 Å². The summed E-state index contributed by atoms with van der Waals surface area (Å²) >= 11 is 0. The van der Waals surface area contributed by atoms with Crippen molar-refractivity contribution in [3.8, 4) is 11.5 Å². The van der Waals surface area contributed by atoms with E-state index in [0.29, 0.717) is 56.4 Å². The molecule has 0 spiro atoms. The van der Waals surface area contributed by atoms with E-state index in [1.54, 1.807) is 6.07 Å². The summed E-state index contributed by atoms with van der Waals surface area (Å²) in [4.78, 5) is 12.0. The predicted molar refractivity (Wildman–Crippen MR) is 129 cm³/mol. The Hall–Kier alpha value is -2.61. The second kappa shape index (κ2) is 12.0. The van der Waals surface area contributed by atoms with Crippen molar-refractivity contribution in [2.24, 2.45) is 0 Å². The molecule has 0 fully saturated rings. The molecule has 0 aromatic heterocycles. The van der Waals surface area contributed by atoms with Crippen LogP contribution in [-0.4, -0.2) is 56.6 Å². The zero-order valence-corrected chi connectivity index (χ0v) is 19.9. The Morgan fingerprint density at radius 3 is 2.58 bits per heavy atom. The highest BCUT2D eigenvalue weighted by Gasteiger charge is 2.24. The van der Waals surface area contributed by atoms with Crippen LogP contribution in [0.3, 0.4) is 0 Å². The van der Waals surface area contributed by atoms with Gasteiger partial charge in [-0.25, -0.2) is 0 Å². The molecule has 1 heterocycles. The van der Waals surface area contributed by atoms with Gasteiger partial charge in [0, 0.05) is 37.1 Å². The largest absolute Gasteiger partial charge is 0.490 e. The lowest BCUT2D eigenvalue weighted by atomic mass is 9.84. The average Bonchev–Trinajstić information content (AvgIpc) is 2.81. The van der Waals surface area contributed by atoms with Crippen LogP contribution in [0.1, 0.15) is 38.3 Å². The lowest BCUT2D eigenvalue weighted by molar-refractivity contribution is -0.116. The third-order valence-electron chi connectivity index (χ3n) is 5.72. The van der Waals surface area contributed by atoms with Crippen LogP contribution in [-0.2, 0) is 21.4 Å². The van der Waals surface area contributed by atoms with Crippen molar-refractivity contribution < 1.29 is 24.1 Å². The molecule has 3 N–H and O–H groups in total. The summed E-state index contributed by atoms with van der Waals surface area (Å²) in [5.74, 6) is 1.22. The van der Waals surface area contributed by atoms with E-state index in [0.717, 1.165) is 12.1 Å². The first kappa shape index (κ1) is 25.0. The summed E-state index contributed by atoms with van der Waals surface area (Å²) in [5, 5.41) is 16.7. The van der Waals surface area contributed by atoms with Crippen molar-refractivity contribution in [2.75, 3.05) is 44.8 Å². The van der Waals surface area contributed by atoms with Gasteiger partial charge in [0.25, 0.3) is 0 Å². The smallest absolute Gasteiger partial charge is 0.224 e. The normalized spacial score (nSPS) is 14.4. The number of nitrogens with one attached hydrogen (secondary N) is 2. The molecule has 1 atom stereocenters. The zero-order valence-electron chi connectivity index (χ0n) is 19.9. The number of hydrogen-bond donors (Lipinski definition) is 3. The van der Waals surface area contributed by atoms with E-state index >= 15 is 0 Å². The summed E-state index contributed by atoms with van der Waals surface area (Å²) in [6, 6.07) is 14.0. The Morgan fingerprint density at radius 1 is 1.06 bits per heavy atom. The van der Waals surface area contributed by atoms with Crippen molar-refractivity contribution in [3.63, 3.8) is 0 Å². The van der Waals surface area contributed by atoms with E-state index in [4.69, 9.17) is 14.2 Å². The number of hydrogen-bond acceptors (Lipinski definition) is 6. The Labute approximate surface area is 196 Å². The lowest BCUT2D eigenvalue weighted by Gasteiger charge is -2.27. The summed E-state index contributed by atoms with van der Waals surface area (Å²) in [6.45, 7) is 9.13. The van der Waals surface area contributed by atoms with Crippen LogP contribution in [0.2, 0.25) is 0 Å². The molecule has 0 saturated carbocycles.